The van der Waals surface area contributed by atoms with Crippen molar-refractivity contribution < 1.29 is 8.42 Å². The standard InChI is InChI=1S/C15H27N3O2S/c1-5-8-16-10-13-9-14(11-18(13)4)21(19,20)17-15(2,3)12-6-7-12/h9,11-12,16-17H,5-8,10H2,1-4H3. The molecule has 0 radical (unpaired) electrons. The van der Waals surface area contributed by atoms with Crippen LogP contribution in [-0.4, -0.2) is 25.1 Å². The largest absolute Gasteiger partial charge is 0.352 e. The van der Waals surface area contributed by atoms with Gasteiger partial charge in [-0.05, 0) is 51.6 Å². The van der Waals surface area contributed by atoms with E-state index < -0.39 is 10.0 Å². The Morgan fingerprint density at radius 3 is 2.62 bits per heavy atom. The van der Waals surface area contributed by atoms with E-state index in [1.165, 1.54) is 0 Å². The Bertz CT molecular complexity index is 586. The molecule has 1 fully saturated rings. The highest BCUT2D eigenvalue weighted by molar-refractivity contribution is 7.89. The zero-order valence-electron chi connectivity index (χ0n) is 13.4. The lowest BCUT2D eigenvalue weighted by molar-refractivity contribution is 0.400. The van der Waals surface area contributed by atoms with Crippen molar-refractivity contribution >= 4 is 10.0 Å². The van der Waals surface area contributed by atoms with E-state index in [1.807, 2.05) is 25.5 Å². The molecule has 0 unspecified atom stereocenters. The van der Waals surface area contributed by atoms with Crippen molar-refractivity contribution in [3.8, 4) is 0 Å². The molecule has 0 aliphatic heterocycles. The fraction of sp³-hybridized carbons (Fsp3) is 0.733. The van der Waals surface area contributed by atoms with E-state index in [2.05, 4.69) is 17.0 Å². The van der Waals surface area contributed by atoms with Crippen LogP contribution in [0.2, 0.25) is 0 Å². The summed E-state index contributed by atoms with van der Waals surface area (Å²) in [7, 11) is -1.57. The molecule has 1 aliphatic rings. The van der Waals surface area contributed by atoms with Gasteiger partial charge in [0, 0.05) is 31.0 Å². The molecule has 0 spiro atoms. The Morgan fingerprint density at radius 1 is 1.38 bits per heavy atom. The van der Waals surface area contributed by atoms with Crippen LogP contribution in [0.4, 0.5) is 0 Å². The van der Waals surface area contributed by atoms with Crippen LogP contribution in [0.1, 0.15) is 45.7 Å². The van der Waals surface area contributed by atoms with E-state index in [0.717, 1.165) is 31.5 Å². The maximum absolute atomic E-state index is 12.5. The molecule has 21 heavy (non-hydrogen) atoms. The number of aromatic nitrogens is 1. The number of nitrogens with one attached hydrogen (secondary N) is 2. The molecule has 2 rings (SSSR count). The van der Waals surface area contributed by atoms with Gasteiger partial charge in [-0.1, -0.05) is 6.92 Å². The minimum Gasteiger partial charge on any atom is -0.352 e. The van der Waals surface area contributed by atoms with Gasteiger partial charge in [0.25, 0.3) is 0 Å². The summed E-state index contributed by atoms with van der Waals surface area (Å²) in [5.41, 5.74) is 0.614. The summed E-state index contributed by atoms with van der Waals surface area (Å²) in [6.07, 6.45) is 4.97. The Kier molecular flexibility index (Phi) is 4.80. The highest BCUT2D eigenvalue weighted by atomic mass is 32.2. The monoisotopic (exact) mass is 313 g/mol. The van der Waals surface area contributed by atoms with E-state index in [4.69, 9.17) is 0 Å². The van der Waals surface area contributed by atoms with Crippen molar-refractivity contribution in [1.82, 2.24) is 14.6 Å². The van der Waals surface area contributed by atoms with Crippen molar-refractivity contribution in [2.75, 3.05) is 6.54 Å². The van der Waals surface area contributed by atoms with Gasteiger partial charge in [-0.3, -0.25) is 0 Å². The molecule has 120 valence electrons. The summed E-state index contributed by atoms with van der Waals surface area (Å²) >= 11 is 0. The SMILES string of the molecule is CCCNCc1cc(S(=O)(=O)NC(C)(C)C2CC2)cn1C. The number of aryl methyl sites for hydroxylation is 1. The second-order valence-corrected chi connectivity index (χ2v) is 8.24. The fourth-order valence-electron chi connectivity index (χ4n) is 2.59. The molecule has 0 saturated heterocycles. The van der Waals surface area contributed by atoms with Crippen LogP contribution in [-0.2, 0) is 23.6 Å². The second kappa shape index (κ2) is 6.10. The first-order chi connectivity index (χ1) is 9.76. The summed E-state index contributed by atoms with van der Waals surface area (Å²) in [4.78, 5) is 0.354. The Labute approximate surface area is 128 Å². The molecular formula is C15H27N3O2S. The molecular weight excluding hydrogens is 286 g/mol. The van der Waals surface area contributed by atoms with Crippen LogP contribution < -0.4 is 10.0 Å². The van der Waals surface area contributed by atoms with Gasteiger partial charge in [-0.2, -0.15) is 0 Å². The molecule has 1 aromatic rings. The highest BCUT2D eigenvalue weighted by Gasteiger charge is 2.40. The molecule has 0 aromatic carbocycles. The number of rotatable bonds is 8. The normalized spacial score (nSPS) is 16.4. The van der Waals surface area contributed by atoms with Crippen molar-refractivity contribution in [2.45, 2.75) is 57.0 Å². The lowest BCUT2D eigenvalue weighted by atomic mass is 10.0. The lowest BCUT2D eigenvalue weighted by Crippen LogP contribution is -2.44. The fourth-order valence-corrected chi connectivity index (χ4v) is 4.15. The predicted molar refractivity (Wildman–Crippen MR) is 84.5 cm³/mol. The average molecular weight is 313 g/mol. The van der Waals surface area contributed by atoms with E-state index in [9.17, 15) is 8.42 Å². The molecule has 5 nitrogen and oxygen atoms in total. The Hall–Kier alpha value is -0.850. The van der Waals surface area contributed by atoms with Gasteiger partial charge >= 0.3 is 0 Å². The molecule has 2 N–H and O–H groups in total. The van der Waals surface area contributed by atoms with E-state index >= 15 is 0 Å². The van der Waals surface area contributed by atoms with E-state index in [1.54, 1.807) is 12.3 Å². The van der Waals surface area contributed by atoms with Gasteiger partial charge in [-0.15, -0.1) is 0 Å². The third-order valence-electron chi connectivity index (χ3n) is 4.12. The minimum atomic E-state index is -3.45. The molecule has 0 bridgehead atoms. The number of hydrogen-bond acceptors (Lipinski definition) is 3. The maximum Gasteiger partial charge on any atom is 0.242 e. The molecule has 0 atom stereocenters. The van der Waals surface area contributed by atoms with Crippen LogP contribution in [0, 0.1) is 5.92 Å². The summed E-state index contributed by atoms with van der Waals surface area (Å²) in [5, 5.41) is 3.30. The quantitative estimate of drug-likeness (QED) is 0.722. The van der Waals surface area contributed by atoms with Gasteiger partial charge in [0.1, 0.15) is 0 Å². The van der Waals surface area contributed by atoms with E-state index in [0.29, 0.717) is 17.4 Å². The number of nitrogens with zero attached hydrogens (tertiary/aromatic N) is 1. The summed E-state index contributed by atoms with van der Waals surface area (Å²) < 4.78 is 29.8. The van der Waals surface area contributed by atoms with Crippen molar-refractivity contribution in [1.29, 1.82) is 0 Å². The molecule has 1 aliphatic carbocycles. The number of hydrogen-bond donors (Lipinski definition) is 2. The summed E-state index contributed by atoms with van der Waals surface area (Å²) in [6.45, 7) is 7.66. The molecule has 6 heteroatoms. The van der Waals surface area contributed by atoms with E-state index in [-0.39, 0.29) is 5.54 Å². The zero-order valence-corrected chi connectivity index (χ0v) is 14.3. The van der Waals surface area contributed by atoms with Gasteiger partial charge in [0.05, 0.1) is 4.90 Å². The third kappa shape index (κ3) is 4.08. The second-order valence-electron chi connectivity index (χ2n) is 6.56. The van der Waals surface area contributed by atoms with Crippen LogP contribution in [0.15, 0.2) is 17.2 Å². The van der Waals surface area contributed by atoms with Crippen molar-refractivity contribution in [2.24, 2.45) is 13.0 Å². The molecule has 1 saturated carbocycles. The smallest absolute Gasteiger partial charge is 0.242 e. The van der Waals surface area contributed by atoms with Gasteiger partial charge < -0.3 is 9.88 Å². The summed E-state index contributed by atoms with van der Waals surface area (Å²) in [6, 6.07) is 1.76. The van der Waals surface area contributed by atoms with Gasteiger partial charge in [0.2, 0.25) is 10.0 Å². The van der Waals surface area contributed by atoms with Crippen molar-refractivity contribution in [3.63, 3.8) is 0 Å². The predicted octanol–water partition coefficient (Wildman–Crippen LogP) is 1.99. The van der Waals surface area contributed by atoms with Crippen LogP contribution in [0.25, 0.3) is 0 Å². The first kappa shape index (κ1) is 16.5. The summed E-state index contributed by atoms with van der Waals surface area (Å²) in [5.74, 6) is 0.460. The number of sulfonamides is 1. The highest BCUT2D eigenvalue weighted by Crippen LogP contribution is 2.39. The zero-order chi connectivity index (χ0) is 15.7. The third-order valence-corrected chi connectivity index (χ3v) is 5.76. The average Bonchev–Trinajstić information content (AvgIpc) is 3.15. The minimum absolute atomic E-state index is 0.354. The topological polar surface area (TPSA) is 63.1 Å². The lowest BCUT2D eigenvalue weighted by Gasteiger charge is -2.25. The van der Waals surface area contributed by atoms with Crippen LogP contribution >= 0.6 is 0 Å². The first-order valence-corrected chi connectivity index (χ1v) is 9.14. The Morgan fingerprint density at radius 2 is 2.05 bits per heavy atom. The first-order valence-electron chi connectivity index (χ1n) is 7.66. The Balaban J connectivity index is 2.11. The molecule has 0 amide bonds. The molecule has 1 heterocycles. The van der Waals surface area contributed by atoms with Gasteiger partial charge in [-0.25, -0.2) is 13.1 Å². The maximum atomic E-state index is 12.5. The van der Waals surface area contributed by atoms with Crippen molar-refractivity contribution in [3.05, 3.63) is 18.0 Å². The van der Waals surface area contributed by atoms with Crippen LogP contribution in [0.3, 0.4) is 0 Å². The van der Waals surface area contributed by atoms with Gasteiger partial charge in [0.15, 0.2) is 0 Å². The van der Waals surface area contributed by atoms with Crippen LogP contribution in [0.5, 0.6) is 0 Å². The molecule has 1 aromatic heterocycles.